The second kappa shape index (κ2) is 10.4. The zero-order valence-corrected chi connectivity index (χ0v) is 18.4. The van der Waals surface area contributed by atoms with Gasteiger partial charge in [0.15, 0.2) is 0 Å². The predicted octanol–water partition coefficient (Wildman–Crippen LogP) is 3.85. The van der Waals surface area contributed by atoms with Crippen LogP contribution in [0.15, 0.2) is 30.3 Å². The van der Waals surface area contributed by atoms with Gasteiger partial charge in [-0.1, -0.05) is 62.9 Å². The average molecular weight is 409 g/mol. The van der Waals surface area contributed by atoms with E-state index in [1.54, 1.807) is 6.92 Å². The third kappa shape index (κ3) is 5.57. The van der Waals surface area contributed by atoms with E-state index in [1.807, 2.05) is 30.3 Å². The van der Waals surface area contributed by atoms with Crippen LogP contribution in [0, 0.1) is 0 Å². The Morgan fingerprint density at radius 2 is 1.75 bits per heavy atom. The maximum Gasteiger partial charge on any atom is 0.230 e. The molecular formula is C22H36N2O3S. The van der Waals surface area contributed by atoms with E-state index in [1.165, 1.54) is 23.6 Å². The molecule has 158 valence electrons. The molecule has 1 saturated heterocycles. The zero-order chi connectivity index (χ0) is 20.6. The molecular weight excluding hydrogens is 372 g/mol. The van der Waals surface area contributed by atoms with Gasteiger partial charge in [0, 0.05) is 19.1 Å². The molecule has 0 radical (unpaired) electrons. The van der Waals surface area contributed by atoms with Gasteiger partial charge in [-0.05, 0) is 38.7 Å². The van der Waals surface area contributed by atoms with Crippen molar-refractivity contribution in [3.63, 3.8) is 0 Å². The standard InChI is InChI=1S/C22H36N2O3S/c1-4-6-7-9-12-19(3)23-21(25)22(20-13-10-8-11-14-20)15-17-24(18-16-22)28(26,27)5-2/h8,10-11,13-14,19H,4-7,9,12,15-18H2,1-3H3,(H,23,25). The normalized spacial score (nSPS) is 18.5. The number of amides is 1. The lowest BCUT2D eigenvalue weighted by molar-refractivity contribution is -0.129. The van der Waals surface area contributed by atoms with E-state index in [0.717, 1.165) is 18.4 Å². The minimum Gasteiger partial charge on any atom is -0.353 e. The first-order valence-electron chi connectivity index (χ1n) is 10.7. The fourth-order valence-corrected chi connectivity index (χ4v) is 5.15. The molecule has 1 aromatic rings. The first kappa shape index (κ1) is 22.9. The van der Waals surface area contributed by atoms with Crippen molar-refractivity contribution in [2.45, 2.75) is 77.2 Å². The van der Waals surface area contributed by atoms with Crippen LogP contribution < -0.4 is 5.32 Å². The molecule has 1 aromatic carbocycles. The van der Waals surface area contributed by atoms with Crippen molar-refractivity contribution >= 4 is 15.9 Å². The molecule has 1 amide bonds. The number of hydrogen-bond acceptors (Lipinski definition) is 3. The van der Waals surface area contributed by atoms with Gasteiger partial charge in [0.25, 0.3) is 0 Å². The Labute approximate surface area is 170 Å². The largest absolute Gasteiger partial charge is 0.353 e. The highest BCUT2D eigenvalue weighted by molar-refractivity contribution is 7.89. The quantitative estimate of drug-likeness (QED) is 0.598. The van der Waals surface area contributed by atoms with Crippen molar-refractivity contribution in [1.29, 1.82) is 0 Å². The van der Waals surface area contributed by atoms with Crippen molar-refractivity contribution in [1.82, 2.24) is 9.62 Å². The molecule has 28 heavy (non-hydrogen) atoms. The van der Waals surface area contributed by atoms with Gasteiger partial charge < -0.3 is 5.32 Å². The zero-order valence-electron chi connectivity index (χ0n) is 17.6. The van der Waals surface area contributed by atoms with Crippen LogP contribution in [-0.2, 0) is 20.2 Å². The monoisotopic (exact) mass is 408 g/mol. The number of piperidine rings is 1. The highest BCUT2D eigenvalue weighted by atomic mass is 32.2. The fourth-order valence-electron chi connectivity index (χ4n) is 4.04. The summed E-state index contributed by atoms with van der Waals surface area (Å²) in [5.74, 6) is 0.141. The Morgan fingerprint density at radius 3 is 2.32 bits per heavy atom. The van der Waals surface area contributed by atoms with Crippen LogP contribution >= 0.6 is 0 Å². The highest BCUT2D eigenvalue weighted by Crippen LogP contribution is 2.37. The Bertz CT molecular complexity index is 711. The molecule has 0 spiro atoms. The van der Waals surface area contributed by atoms with Crippen molar-refractivity contribution < 1.29 is 13.2 Å². The molecule has 2 rings (SSSR count). The maximum absolute atomic E-state index is 13.4. The van der Waals surface area contributed by atoms with E-state index < -0.39 is 15.4 Å². The minimum absolute atomic E-state index is 0.0373. The molecule has 1 unspecified atom stereocenters. The lowest BCUT2D eigenvalue weighted by Crippen LogP contribution is -2.54. The summed E-state index contributed by atoms with van der Waals surface area (Å²) < 4.78 is 26.0. The minimum atomic E-state index is -3.22. The number of nitrogens with zero attached hydrogens (tertiary/aromatic N) is 1. The van der Waals surface area contributed by atoms with Crippen LogP contribution in [0.3, 0.4) is 0 Å². The highest BCUT2D eigenvalue weighted by Gasteiger charge is 2.44. The summed E-state index contributed by atoms with van der Waals surface area (Å²) in [7, 11) is -3.22. The number of sulfonamides is 1. The molecule has 1 atom stereocenters. The summed E-state index contributed by atoms with van der Waals surface area (Å²) >= 11 is 0. The summed E-state index contributed by atoms with van der Waals surface area (Å²) in [5.41, 5.74) is 0.331. The number of rotatable bonds is 10. The fraction of sp³-hybridized carbons (Fsp3) is 0.682. The SMILES string of the molecule is CCCCCCC(C)NC(=O)C1(c2ccccc2)CCN(S(=O)(=O)CC)CC1. The van der Waals surface area contributed by atoms with Crippen molar-refractivity contribution in [2.75, 3.05) is 18.8 Å². The molecule has 0 bridgehead atoms. The van der Waals surface area contributed by atoms with Crippen molar-refractivity contribution in [2.24, 2.45) is 0 Å². The Morgan fingerprint density at radius 1 is 1.11 bits per heavy atom. The predicted molar refractivity (Wildman–Crippen MR) is 115 cm³/mol. The van der Waals surface area contributed by atoms with Gasteiger partial charge in [-0.3, -0.25) is 4.79 Å². The number of carbonyl (C=O) groups excluding carboxylic acids is 1. The van der Waals surface area contributed by atoms with E-state index in [4.69, 9.17) is 0 Å². The van der Waals surface area contributed by atoms with Crippen molar-refractivity contribution in [3.8, 4) is 0 Å². The van der Waals surface area contributed by atoms with Gasteiger partial charge in [0.2, 0.25) is 15.9 Å². The van der Waals surface area contributed by atoms with Gasteiger partial charge in [-0.15, -0.1) is 0 Å². The number of nitrogens with one attached hydrogen (secondary N) is 1. The van der Waals surface area contributed by atoms with Crippen LogP contribution in [-0.4, -0.2) is 43.5 Å². The molecule has 0 aromatic heterocycles. The Kier molecular flexibility index (Phi) is 8.50. The lowest BCUT2D eigenvalue weighted by atomic mass is 9.72. The second-order valence-corrected chi connectivity index (χ2v) is 10.2. The topological polar surface area (TPSA) is 66.5 Å². The van der Waals surface area contributed by atoms with Gasteiger partial charge in [-0.25, -0.2) is 12.7 Å². The van der Waals surface area contributed by atoms with E-state index in [-0.39, 0.29) is 17.7 Å². The molecule has 6 heteroatoms. The molecule has 1 aliphatic heterocycles. The molecule has 1 fully saturated rings. The van der Waals surface area contributed by atoms with Crippen molar-refractivity contribution in [3.05, 3.63) is 35.9 Å². The molecule has 1 heterocycles. The number of hydrogen-bond donors (Lipinski definition) is 1. The third-order valence-corrected chi connectivity index (χ3v) is 7.84. The van der Waals surface area contributed by atoms with E-state index in [9.17, 15) is 13.2 Å². The molecule has 1 N–H and O–H groups in total. The van der Waals surface area contributed by atoms with Crippen LogP contribution in [0.4, 0.5) is 0 Å². The summed E-state index contributed by atoms with van der Waals surface area (Å²) in [6, 6.07) is 9.97. The third-order valence-electron chi connectivity index (χ3n) is 5.96. The smallest absolute Gasteiger partial charge is 0.230 e. The summed E-state index contributed by atoms with van der Waals surface area (Å²) in [4.78, 5) is 13.4. The van der Waals surface area contributed by atoms with E-state index in [2.05, 4.69) is 19.2 Å². The molecule has 1 aliphatic rings. The first-order valence-corrected chi connectivity index (χ1v) is 12.3. The van der Waals surface area contributed by atoms with Crippen LogP contribution in [0.25, 0.3) is 0 Å². The van der Waals surface area contributed by atoms with Crippen LogP contribution in [0.5, 0.6) is 0 Å². The summed E-state index contributed by atoms with van der Waals surface area (Å²) in [6.45, 7) is 6.72. The Balaban J connectivity index is 2.12. The summed E-state index contributed by atoms with van der Waals surface area (Å²) in [5, 5.41) is 3.23. The van der Waals surface area contributed by atoms with Crippen LogP contribution in [0.2, 0.25) is 0 Å². The first-order chi connectivity index (χ1) is 13.4. The van der Waals surface area contributed by atoms with Crippen LogP contribution in [0.1, 0.15) is 71.3 Å². The maximum atomic E-state index is 13.4. The van der Waals surface area contributed by atoms with E-state index >= 15 is 0 Å². The summed E-state index contributed by atoms with van der Waals surface area (Å²) in [6.07, 6.45) is 6.77. The van der Waals surface area contributed by atoms with Gasteiger partial charge in [-0.2, -0.15) is 0 Å². The number of benzene rings is 1. The van der Waals surface area contributed by atoms with Gasteiger partial charge in [0.1, 0.15) is 0 Å². The molecule has 0 aliphatic carbocycles. The molecule has 0 saturated carbocycles. The lowest BCUT2D eigenvalue weighted by Gasteiger charge is -2.41. The molecule has 5 nitrogen and oxygen atoms in total. The second-order valence-electron chi connectivity index (χ2n) is 7.97. The average Bonchev–Trinajstić information content (AvgIpc) is 2.71. The van der Waals surface area contributed by atoms with Gasteiger partial charge >= 0.3 is 0 Å². The Hall–Kier alpha value is -1.40. The number of carbonyl (C=O) groups is 1. The van der Waals surface area contributed by atoms with Gasteiger partial charge in [0.05, 0.1) is 11.2 Å². The van der Waals surface area contributed by atoms with E-state index in [0.29, 0.717) is 25.9 Å². The number of unbranched alkanes of at least 4 members (excludes halogenated alkanes) is 3.